The van der Waals surface area contributed by atoms with Crippen LogP contribution < -0.4 is 10.2 Å². The predicted octanol–water partition coefficient (Wildman–Crippen LogP) is 3.73. The first-order valence-corrected chi connectivity index (χ1v) is 8.40. The predicted molar refractivity (Wildman–Crippen MR) is 85.1 cm³/mol. The third kappa shape index (κ3) is 4.03. The molecule has 0 amide bonds. The van der Waals surface area contributed by atoms with E-state index < -0.39 is 0 Å². The SMILES string of the molecule is CCNCc1csc(N(Cc2cccs2)C(C)C)n1. The topological polar surface area (TPSA) is 28.2 Å². The maximum Gasteiger partial charge on any atom is 0.186 e. The Kier molecular flexibility index (Phi) is 5.36. The monoisotopic (exact) mass is 295 g/mol. The third-order valence-corrected chi connectivity index (χ3v) is 4.66. The summed E-state index contributed by atoms with van der Waals surface area (Å²) in [5.74, 6) is 0. The third-order valence-electron chi connectivity index (χ3n) is 2.87. The lowest BCUT2D eigenvalue weighted by Crippen LogP contribution is -2.29. The molecule has 5 heteroatoms. The van der Waals surface area contributed by atoms with E-state index in [4.69, 9.17) is 4.98 Å². The van der Waals surface area contributed by atoms with Gasteiger partial charge in [-0.15, -0.1) is 22.7 Å². The minimum atomic E-state index is 0.459. The number of anilines is 1. The van der Waals surface area contributed by atoms with Crippen LogP contribution in [0.5, 0.6) is 0 Å². The lowest BCUT2D eigenvalue weighted by atomic mass is 10.3. The molecule has 0 aromatic carbocycles. The molecule has 0 aliphatic rings. The standard InChI is InChI=1S/C14H21N3S2/c1-4-15-8-12-10-19-14(16-12)17(11(2)3)9-13-6-5-7-18-13/h5-7,10-11,15H,4,8-9H2,1-3H3. The summed E-state index contributed by atoms with van der Waals surface area (Å²) in [6.07, 6.45) is 0. The summed E-state index contributed by atoms with van der Waals surface area (Å²) >= 11 is 3.54. The minimum absolute atomic E-state index is 0.459. The van der Waals surface area contributed by atoms with Crippen molar-refractivity contribution in [1.29, 1.82) is 0 Å². The molecular formula is C14H21N3S2. The zero-order valence-corrected chi connectivity index (χ0v) is 13.4. The molecule has 0 spiro atoms. The summed E-state index contributed by atoms with van der Waals surface area (Å²) in [7, 11) is 0. The van der Waals surface area contributed by atoms with E-state index >= 15 is 0 Å². The van der Waals surface area contributed by atoms with Crippen LogP contribution in [0.4, 0.5) is 5.13 Å². The second kappa shape index (κ2) is 7.03. The van der Waals surface area contributed by atoms with Crippen LogP contribution in [0.3, 0.4) is 0 Å². The number of thiophene rings is 1. The summed E-state index contributed by atoms with van der Waals surface area (Å²) in [6, 6.07) is 4.75. The van der Waals surface area contributed by atoms with Crippen molar-refractivity contribution in [2.45, 2.75) is 39.9 Å². The number of nitrogens with one attached hydrogen (secondary N) is 1. The molecule has 3 nitrogen and oxygen atoms in total. The molecule has 2 aromatic heterocycles. The van der Waals surface area contributed by atoms with E-state index in [1.165, 1.54) is 4.88 Å². The van der Waals surface area contributed by atoms with Crippen molar-refractivity contribution in [3.63, 3.8) is 0 Å². The normalized spacial score (nSPS) is 11.2. The smallest absolute Gasteiger partial charge is 0.186 e. The summed E-state index contributed by atoms with van der Waals surface area (Å²) in [4.78, 5) is 8.49. The van der Waals surface area contributed by atoms with Gasteiger partial charge in [0.25, 0.3) is 0 Å². The second-order valence-corrected chi connectivity index (χ2v) is 6.57. The molecule has 1 N–H and O–H groups in total. The number of nitrogens with zero attached hydrogens (tertiary/aromatic N) is 2. The van der Waals surface area contributed by atoms with E-state index in [0.29, 0.717) is 6.04 Å². The highest BCUT2D eigenvalue weighted by atomic mass is 32.1. The molecule has 2 aromatic rings. The Morgan fingerprint density at radius 1 is 1.37 bits per heavy atom. The number of thiazole rings is 1. The van der Waals surface area contributed by atoms with Crippen LogP contribution in [-0.2, 0) is 13.1 Å². The Balaban J connectivity index is 2.08. The first-order chi connectivity index (χ1) is 9.20. The van der Waals surface area contributed by atoms with Gasteiger partial charge in [-0.25, -0.2) is 4.98 Å². The summed E-state index contributed by atoms with van der Waals surface area (Å²) in [6.45, 7) is 9.35. The average molecular weight is 295 g/mol. The van der Waals surface area contributed by atoms with Gasteiger partial charge in [0.1, 0.15) is 0 Å². The van der Waals surface area contributed by atoms with Crippen molar-refractivity contribution in [3.8, 4) is 0 Å². The molecule has 0 aliphatic heterocycles. The van der Waals surface area contributed by atoms with Gasteiger partial charge in [0.2, 0.25) is 0 Å². The van der Waals surface area contributed by atoms with Crippen LogP contribution in [0.1, 0.15) is 31.3 Å². The van der Waals surface area contributed by atoms with Crippen LogP contribution in [0.15, 0.2) is 22.9 Å². The van der Waals surface area contributed by atoms with Crippen LogP contribution in [0.2, 0.25) is 0 Å². The van der Waals surface area contributed by atoms with E-state index in [-0.39, 0.29) is 0 Å². The average Bonchev–Trinajstić information content (AvgIpc) is 3.04. The molecule has 2 heterocycles. The van der Waals surface area contributed by atoms with Crippen molar-refractivity contribution < 1.29 is 0 Å². The second-order valence-electron chi connectivity index (χ2n) is 4.70. The Labute approximate surface area is 123 Å². The van der Waals surface area contributed by atoms with Crippen molar-refractivity contribution in [2.75, 3.05) is 11.4 Å². The first kappa shape index (κ1) is 14.5. The lowest BCUT2D eigenvalue weighted by molar-refractivity contribution is 0.676. The van der Waals surface area contributed by atoms with Crippen LogP contribution in [-0.4, -0.2) is 17.6 Å². The molecule has 0 bridgehead atoms. The lowest BCUT2D eigenvalue weighted by Gasteiger charge is -2.25. The maximum atomic E-state index is 4.74. The zero-order chi connectivity index (χ0) is 13.7. The van der Waals surface area contributed by atoms with E-state index in [1.54, 1.807) is 22.7 Å². The molecule has 0 atom stereocenters. The number of hydrogen-bond acceptors (Lipinski definition) is 5. The fraction of sp³-hybridized carbons (Fsp3) is 0.500. The zero-order valence-electron chi connectivity index (χ0n) is 11.7. The van der Waals surface area contributed by atoms with Crippen molar-refractivity contribution in [1.82, 2.24) is 10.3 Å². The van der Waals surface area contributed by atoms with E-state index in [9.17, 15) is 0 Å². The van der Waals surface area contributed by atoms with Gasteiger partial charge in [-0.1, -0.05) is 13.0 Å². The van der Waals surface area contributed by atoms with Gasteiger partial charge in [-0.3, -0.25) is 0 Å². The van der Waals surface area contributed by atoms with Gasteiger partial charge in [0, 0.05) is 22.8 Å². The molecule has 104 valence electrons. The maximum absolute atomic E-state index is 4.74. The fourth-order valence-corrected chi connectivity index (χ4v) is 3.46. The van der Waals surface area contributed by atoms with Crippen molar-refractivity contribution in [2.24, 2.45) is 0 Å². The molecular weight excluding hydrogens is 274 g/mol. The quantitative estimate of drug-likeness (QED) is 0.843. The molecule has 0 saturated heterocycles. The van der Waals surface area contributed by atoms with Crippen LogP contribution in [0.25, 0.3) is 0 Å². The van der Waals surface area contributed by atoms with E-state index in [2.05, 4.69) is 53.9 Å². The van der Waals surface area contributed by atoms with Gasteiger partial charge in [0.15, 0.2) is 5.13 Å². The molecule has 19 heavy (non-hydrogen) atoms. The van der Waals surface area contributed by atoms with Gasteiger partial charge < -0.3 is 10.2 Å². The Morgan fingerprint density at radius 2 is 2.21 bits per heavy atom. The summed E-state index contributed by atoms with van der Waals surface area (Å²) < 4.78 is 0. The number of rotatable bonds is 7. The fourth-order valence-electron chi connectivity index (χ4n) is 1.80. The minimum Gasteiger partial charge on any atom is -0.341 e. The molecule has 0 unspecified atom stereocenters. The van der Waals surface area contributed by atoms with Gasteiger partial charge in [-0.2, -0.15) is 0 Å². The van der Waals surface area contributed by atoms with Crippen molar-refractivity contribution in [3.05, 3.63) is 33.5 Å². The summed E-state index contributed by atoms with van der Waals surface area (Å²) in [5.41, 5.74) is 1.14. The number of aromatic nitrogens is 1. The Morgan fingerprint density at radius 3 is 2.84 bits per heavy atom. The Bertz CT molecular complexity index is 477. The van der Waals surface area contributed by atoms with Crippen LogP contribution in [0, 0.1) is 0 Å². The van der Waals surface area contributed by atoms with Gasteiger partial charge >= 0.3 is 0 Å². The van der Waals surface area contributed by atoms with Gasteiger partial charge in [0.05, 0.1) is 12.2 Å². The highest BCUT2D eigenvalue weighted by Gasteiger charge is 2.15. The van der Waals surface area contributed by atoms with Gasteiger partial charge in [-0.05, 0) is 31.8 Å². The molecule has 0 saturated carbocycles. The van der Waals surface area contributed by atoms with Crippen molar-refractivity contribution >= 4 is 27.8 Å². The first-order valence-electron chi connectivity index (χ1n) is 6.64. The molecule has 0 aliphatic carbocycles. The molecule has 2 rings (SSSR count). The largest absolute Gasteiger partial charge is 0.341 e. The Hall–Kier alpha value is -0.910. The summed E-state index contributed by atoms with van der Waals surface area (Å²) in [5, 5.41) is 8.73. The van der Waals surface area contributed by atoms with Crippen LogP contribution >= 0.6 is 22.7 Å². The highest BCUT2D eigenvalue weighted by Crippen LogP contribution is 2.25. The van der Waals surface area contributed by atoms with E-state index in [1.807, 2.05) is 0 Å². The van der Waals surface area contributed by atoms with E-state index in [0.717, 1.165) is 30.5 Å². The highest BCUT2D eigenvalue weighted by molar-refractivity contribution is 7.13. The molecule has 0 fully saturated rings. The molecule has 0 radical (unpaired) electrons. The number of hydrogen-bond donors (Lipinski definition) is 1.